The zero-order valence-electron chi connectivity index (χ0n) is 25.1. The Morgan fingerprint density at radius 2 is 1.45 bits per heavy atom. The molecule has 0 fully saturated rings. The van der Waals surface area contributed by atoms with Crippen molar-refractivity contribution >= 4 is 13.7 Å². The van der Waals surface area contributed by atoms with E-state index < -0.39 is 20.0 Å². The van der Waals surface area contributed by atoms with E-state index in [1.165, 1.54) is 44.9 Å². The van der Waals surface area contributed by atoms with E-state index in [-0.39, 0.29) is 19.1 Å². The SMILES string of the molecule is CCCCC/C=C/CCCC[C@@H](O)[C@H](COP(=O)([O-])OCC[N+](C)(C)C)NC(=O)CCCCCCCCC. The van der Waals surface area contributed by atoms with E-state index in [0.717, 1.165) is 44.9 Å². The predicted octanol–water partition coefficient (Wildman–Crippen LogP) is 5.88. The zero-order valence-corrected chi connectivity index (χ0v) is 26.0. The summed E-state index contributed by atoms with van der Waals surface area (Å²) < 4.78 is 22.9. The van der Waals surface area contributed by atoms with Gasteiger partial charge in [-0.1, -0.05) is 83.8 Å². The van der Waals surface area contributed by atoms with E-state index in [1.807, 2.05) is 21.1 Å². The fourth-order valence-electron chi connectivity index (χ4n) is 3.97. The van der Waals surface area contributed by atoms with Gasteiger partial charge in [-0.05, 0) is 38.5 Å². The standard InChI is InChI=1S/C29H59N2O6P/c1-6-8-10-12-14-15-17-18-20-22-28(32)27(26-37-38(34,35)36-25-24-31(3,4)5)30-29(33)23-21-19-16-13-11-9-7-2/h14-15,27-28,32H,6-13,16-26H2,1-5H3,(H-,30,33,34,35)/b15-14+/t27-,28+/m0/s1. The highest BCUT2D eigenvalue weighted by molar-refractivity contribution is 7.45. The number of carbonyl (C=O) groups excluding carboxylic acids is 1. The number of unbranched alkanes of at least 4 members (excludes halogenated alkanes) is 11. The Labute approximate surface area is 233 Å². The fourth-order valence-corrected chi connectivity index (χ4v) is 4.69. The first-order valence-corrected chi connectivity index (χ1v) is 16.5. The number of hydrogen-bond donors (Lipinski definition) is 2. The molecule has 0 aliphatic rings. The molecule has 0 rings (SSSR count). The van der Waals surface area contributed by atoms with Gasteiger partial charge in [0.2, 0.25) is 5.91 Å². The van der Waals surface area contributed by atoms with Crippen LogP contribution >= 0.6 is 7.82 Å². The molecule has 0 aliphatic heterocycles. The molecule has 1 amide bonds. The monoisotopic (exact) mass is 562 g/mol. The van der Waals surface area contributed by atoms with Crippen molar-refractivity contribution in [3.63, 3.8) is 0 Å². The van der Waals surface area contributed by atoms with Crippen molar-refractivity contribution in [3.05, 3.63) is 12.2 Å². The van der Waals surface area contributed by atoms with E-state index in [2.05, 4.69) is 31.3 Å². The number of aliphatic hydroxyl groups is 1. The molecule has 0 aromatic heterocycles. The quantitative estimate of drug-likeness (QED) is 0.0590. The second-order valence-corrected chi connectivity index (χ2v) is 12.9. The van der Waals surface area contributed by atoms with Crippen LogP contribution in [0.25, 0.3) is 0 Å². The van der Waals surface area contributed by atoms with Crippen LogP contribution in [0.15, 0.2) is 12.2 Å². The number of amides is 1. The summed E-state index contributed by atoms with van der Waals surface area (Å²) in [6.45, 7) is 4.56. The maximum Gasteiger partial charge on any atom is 0.268 e. The fraction of sp³-hybridized carbons (Fsp3) is 0.897. The number of likely N-dealkylation sites (N-methyl/N-ethyl adjacent to an activating group) is 1. The highest BCUT2D eigenvalue weighted by Crippen LogP contribution is 2.38. The molecule has 0 spiro atoms. The Bertz CT molecular complexity index is 653. The topological polar surface area (TPSA) is 108 Å². The molecule has 0 aromatic carbocycles. The number of nitrogens with zero attached hydrogens (tertiary/aromatic N) is 1. The van der Waals surface area contributed by atoms with Crippen molar-refractivity contribution in [1.82, 2.24) is 5.32 Å². The minimum atomic E-state index is -4.54. The van der Waals surface area contributed by atoms with Gasteiger partial charge in [-0.15, -0.1) is 0 Å². The molecule has 1 unspecified atom stereocenters. The van der Waals surface area contributed by atoms with Crippen molar-refractivity contribution in [2.45, 2.75) is 129 Å². The van der Waals surface area contributed by atoms with Crippen molar-refractivity contribution < 1.29 is 32.9 Å². The number of carbonyl (C=O) groups is 1. The van der Waals surface area contributed by atoms with E-state index in [4.69, 9.17) is 9.05 Å². The lowest BCUT2D eigenvalue weighted by atomic mass is 10.0. The van der Waals surface area contributed by atoms with Crippen LogP contribution in [0.3, 0.4) is 0 Å². The first kappa shape index (κ1) is 37.2. The predicted molar refractivity (Wildman–Crippen MR) is 155 cm³/mol. The minimum Gasteiger partial charge on any atom is -0.756 e. The third-order valence-corrected chi connectivity index (χ3v) is 7.47. The molecule has 8 nitrogen and oxygen atoms in total. The van der Waals surface area contributed by atoms with Gasteiger partial charge in [-0.3, -0.25) is 9.36 Å². The molecule has 0 radical (unpaired) electrons. The first-order valence-electron chi connectivity index (χ1n) is 15.0. The summed E-state index contributed by atoms with van der Waals surface area (Å²) in [6.07, 6.45) is 19.5. The molecule has 2 N–H and O–H groups in total. The normalized spacial score (nSPS) is 15.4. The van der Waals surface area contributed by atoms with E-state index in [9.17, 15) is 19.4 Å². The van der Waals surface area contributed by atoms with Crippen LogP contribution in [0.5, 0.6) is 0 Å². The van der Waals surface area contributed by atoms with Crippen LogP contribution in [0, 0.1) is 0 Å². The Morgan fingerprint density at radius 1 is 0.895 bits per heavy atom. The second-order valence-electron chi connectivity index (χ2n) is 11.5. The minimum absolute atomic E-state index is 0.00801. The van der Waals surface area contributed by atoms with Gasteiger partial charge < -0.3 is 28.8 Å². The zero-order chi connectivity index (χ0) is 28.7. The number of nitrogens with one attached hydrogen (secondary N) is 1. The smallest absolute Gasteiger partial charge is 0.268 e. The van der Waals surface area contributed by atoms with Gasteiger partial charge in [0, 0.05) is 6.42 Å². The summed E-state index contributed by atoms with van der Waals surface area (Å²) in [5.41, 5.74) is 0. The van der Waals surface area contributed by atoms with Crippen LogP contribution in [-0.2, 0) is 18.4 Å². The largest absolute Gasteiger partial charge is 0.756 e. The molecule has 3 atom stereocenters. The molecule has 0 saturated heterocycles. The maximum absolute atomic E-state index is 12.6. The molecule has 0 aromatic rings. The van der Waals surface area contributed by atoms with Gasteiger partial charge in [0.15, 0.2) is 0 Å². The Balaban J connectivity index is 4.66. The number of rotatable bonds is 26. The van der Waals surface area contributed by atoms with Crippen LogP contribution < -0.4 is 10.2 Å². The number of quaternary nitrogens is 1. The van der Waals surface area contributed by atoms with E-state index >= 15 is 0 Å². The van der Waals surface area contributed by atoms with Crippen molar-refractivity contribution in [1.29, 1.82) is 0 Å². The lowest BCUT2D eigenvalue weighted by Crippen LogP contribution is -2.46. The first-order chi connectivity index (χ1) is 18.0. The number of phosphoric acid groups is 1. The highest BCUT2D eigenvalue weighted by atomic mass is 31.2. The van der Waals surface area contributed by atoms with Gasteiger partial charge in [0.05, 0.1) is 39.9 Å². The average molecular weight is 563 g/mol. The Hall–Kier alpha value is -0.760. The molecule has 0 aliphatic carbocycles. The number of aliphatic hydroxyl groups excluding tert-OH is 1. The second kappa shape index (κ2) is 23.0. The maximum atomic E-state index is 12.6. The molecule has 226 valence electrons. The van der Waals surface area contributed by atoms with Crippen LogP contribution in [-0.4, -0.2) is 68.5 Å². The van der Waals surface area contributed by atoms with Gasteiger partial charge in [0.1, 0.15) is 13.2 Å². The van der Waals surface area contributed by atoms with Gasteiger partial charge in [-0.25, -0.2) is 0 Å². The third kappa shape index (κ3) is 24.3. The average Bonchev–Trinajstić information content (AvgIpc) is 2.84. The highest BCUT2D eigenvalue weighted by Gasteiger charge is 2.24. The number of allylic oxidation sites excluding steroid dienone is 2. The lowest BCUT2D eigenvalue weighted by Gasteiger charge is -2.30. The van der Waals surface area contributed by atoms with Crippen molar-refractivity contribution in [2.24, 2.45) is 0 Å². The lowest BCUT2D eigenvalue weighted by molar-refractivity contribution is -0.870. The van der Waals surface area contributed by atoms with Crippen LogP contribution in [0.4, 0.5) is 0 Å². The Morgan fingerprint density at radius 3 is 2.05 bits per heavy atom. The van der Waals surface area contributed by atoms with Gasteiger partial charge in [-0.2, -0.15) is 0 Å². The number of hydrogen-bond acceptors (Lipinski definition) is 6. The molecule has 9 heteroatoms. The third-order valence-electron chi connectivity index (χ3n) is 6.50. The Kier molecular flexibility index (Phi) is 22.5. The van der Waals surface area contributed by atoms with Crippen LogP contribution in [0.1, 0.15) is 117 Å². The molecular weight excluding hydrogens is 503 g/mol. The van der Waals surface area contributed by atoms with Crippen molar-refractivity contribution in [2.75, 3.05) is 40.9 Å². The summed E-state index contributed by atoms with van der Waals surface area (Å²) in [7, 11) is 1.28. The number of phosphoric ester groups is 1. The molecular formula is C29H59N2O6P. The summed E-state index contributed by atoms with van der Waals surface area (Å²) in [5.74, 6) is -0.187. The van der Waals surface area contributed by atoms with Gasteiger partial charge in [0.25, 0.3) is 7.82 Å². The van der Waals surface area contributed by atoms with Gasteiger partial charge >= 0.3 is 0 Å². The van der Waals surface area contributed by atoms with E-state index in [0.29, 0.717) is 23.9 Å². The van der Waals surface area contributed by atoms with Crippen molar-refractivity contribution in [3.8, 4) is 0 Å². The summed E-state index contributed by atoms with van der Waals surface area (Å²) in [6, 6.07) is -0.805. The molecule has 38 heavy (non-hydrogen) atoms. The van der Waals surface area contributed by atoms with Crippen LogP contribution in [0.2, 0.25) is 0 Å². The summed E-state index contributed by atoms with van der Waals surface area (Å²) in [4.78, 5) is 24.8. The van der Waals surface area contributed by atoms with E-state index in [1.54, 1.807) is 0 Å². The summed E-state index contributed by atoms with van der Waals surface area (Å²) >= 11 is 0. The molecule has 0 saturated carbocycles. The molecule has 0 heterocycles. The summed E-state index contributed by atoms with van der Waals surface area (Å²) in [5, 5.41) is 13.6. The molecule has 0 bridgehead atoms.